The normalized spacial score (nSPS) is 14.2. The van der Waals surface area contributed by atoms with E-state index >= 15 is 0 Å². The first-order valence-corrected chi connectivity index (χ1v) is 14.7. The average molecular weight is 610 g/mol. The van der Waals surface area contributed by atoms with E-state index in [1.807, 2.05) is 60.1 Å². The van der Waals surface area contributed by atoms with Gasteiger partial charge in [-0.25, -0.2) is 4.98 Å². The molecule has 1 unspecified atom stereocenters. The lowest BCUT2D eigenvalue weighted by Gasteiger charge is -2.20. The lowest BCUT2D eigenvalue weighted by atomic mass is 9.98. The maximum absolute atomic E-state index is 13.7. The molecule has 1 aliphatic carbocycles. The molecule has 1 saturated carbocycles. The summed E-state index contributed by atoms with van der Waals surface area (Å²) in [6.07, 6.45) is 8.27. The highest BCUT2D eigenvalue weighted by atomic mass is 35.5. The highest BCUT2D eigenvalue weighted by molar-refractivity contribution is 6.31. The summed E-state index contributed by atoms with van der Waals surface area (Å²) in [4.78, 5) is 35.4. The number of imidazole rings is 1. The predicted molar refractivity (Wildman–Crippen MR) is 168 cm³/mol. The molecule has 0 saturated heterocycles. The van der Waals surface area contributed by atoms with Crippen molar-refractivity contribution in [1.82, 2.24) is 29.6 Å². The Morgan fingerprint density at radius 2 is 1.75 bits per heavy atom. The number of aliphatic hydroxyl groups is 1. The summed E-state index contributed by atoms with van der Waals surface area (Å²) >= 11 is 6.65. The molecule has 6 rings (SSSR count). The van der Waals surface area contributed by atoms with Gasteiger partial charge in [0.05, 0.1) is 30.0 Å². The lowest BCUT2D eigenvalue weighted by Crippen LogP contribution is -2.45. The van der Waals surface area contributed by atoms with Crippen molar-refractivity contribution in [3.05, 3.63) is 108 Å². The summed E-state index contributed by atoms with van der Waals surface area (Å²) < 4.78 is 3.36. The van der Waals surface area contributed by atoms with Gasteiger partial charge in [0.15, 0.2) is 0 Å². The SMILES string of the molecule is Cn1cncc1-c1ccc(NC(=O)[C@H](Cc2cc(-c3ccnc(C(O)C4CC4)c3)ccc2Cl)NC(=O)c2ccnn2C)cc1. The van der Waals surface area contributed by atoms with Crippen molar-refractivity contribution >= 4 is 29.1 Å². The Balaban J connectivity index is 1.25. The number of hydrogen-bond acceptors (Lipinski definition) is 6. The van der Waals surface area contributed by atoms with Gasteiger partial charge in [0, 0.05) is 43.6 Å². The number of carbonyl (C=O) groups excluding carboxylic acids is 2. The zero-order chi connectivity index (χ0) is 30.8. The van der Waals surface area contributed by atoms with Crippen LogP contribution in [0.3, 0.4) is 0 Å². The van der Waals surface area contributed by atoms with Gasteiger partial charge in [0.25, 0.3) is 5.91 Å². The largest absolute Gasteiger partial charge is 0.387 e. The number of anilines is 1. The summed E-state index contributed by atoms with van der Waals surface area (Å²) in [5, 5.41) is 21.0. The van der Waals surface area contributed by atoms with Crippen molar-refractivity contribution in [2.75, 3.05) is 5.32 Å². The monoisotopic (exact) mass is 609 g/mol. The minimum atomic E-state index is -0.952. The van der Waals surface area contributed by atoms with Gasteiger partial charge < -0.3 is 20.3 Å². The van der Waals surface area contributed by atoms with Crippen LogP contribution >= 0.6 is 11.6 Å². The highest BCUT2D eigenvalue weighted by Crippen LogP contribution is 2.41. The van der Waals surface area contributed by atoms with Crippen molar-refractivity contribution in [2.45, 2.75) is 31.4 Å². The van der Waals surface area contributed by atoms with Crippen molar-refractivity contribution in [2.24, 2.45) is 20.0 Å². The number of benzene rings is 2. The van der Waals surface area contributed by atoms with Crippen molar-refractivity contribution < 1.29 is 14.7 Å². The van der Waals surface area contributed by atoms with Crippen LogP contribution in [0, 0.1) is 5.92 Å². The first kappa shape index (κ1) is 29.3. The van der Waals surface area contributed by atoms with E-state index in [1.54, 1.807) is 37.9 Å². The summed E-state index contributed by atoms with van der Waals surface area (Å²) in [7, 11) is 3.58. The number of aromatic nitrogens is 5. The number of nitrogens with zero attached hydrogens (tertiary/aromatic N) is 5. The van der Waals surface area contributed by atoms with E-state index in [4.69, 9.17) is 11.6 Å². The second-order valence-electron chi connectivity index (χ2n) is 11.1. The van der Waals surface area contributed by atoms with Gasteiger partial charge in [0.1, 0.15) is 11.7 Å². The molecule has 0 bridgehead atoms. The van der Waals surface area contributed by atoms with E-state index in [0.717, 1.165) is 35.2 Å². The van der Waals surface area contributed by atoms with Crippen LogP contribution in [0.25, 0.3) is 22.4 Å². The highest BCUT2D eigenvalue weighted by Gasteiger charge is 2.32. The third kappa shape index (κ3) is 6.41. The van der Waals surface area contributed by atoms with Crippen LogP contribution in [0.2, 0.25) is 5.02 Å². The molecule has 1 fully saturated rings. The van der Waals surface area contributed by atoms with Gasteiger partial charge >= 0.3 is 0 Å². The van der Waals surface area contributed by atoms with Crippen LogP contribution < -0.4 is 10.6 Å². The minimum absolute atomic E-state index is 0.137. The summed E-state index contributed by atoms with van der Waals surface area (Å²) in [5.41, 5.74) is 5.86. The quantitative estimate of drug-likeness (QED) is 0.205. The number of hydrogen-bond donors (Lipinski definition) is 3. The van der Waals surface area contributed by atoms with Crippen LogP contribution in [0.1, 0.15) is 40.7 Å². The van der Waals surface area contributed by atoms with Crippen LogP contribution in [0.15, 0.2) is 85.6 Å². The third-order valence-electron chi connectivity index (χ3n) is 7.90. The molecule has 44 heavy (non-hydrogen) atoms. The second-order valence-corrected chi connectivity index (χ2v) is 11.5. The molecule has 3 heterocycles. The third-order valence-corrected chi connectivity index (χ3v) is 8.26. The molecule has 1 aliphatic rings. The summed E-state index contributed by atoms with van der Waals surface area (Å²) in [6, 6.07) is 17.4. The molecule has 2 atom stereocenters. The number of rotatable bonds is 10. The Morgan fingerprint density at radius 3 is 2.43 bits per heavy atom. The smallest absolute Gasteiger partial charge is 0.270 e. The van der Waals surface area contributed by atoms with E-state index in [-0.39, 0.29) is 12.3 Å². The van der Waals surface area contributed by atoms with Crippen molar-refractivity contribution in [1.29, 1.82) is 0 Å². The molecular weight excluding hydrogens is 578 g/mol. The van der Waals surface area contributed by atoms with E-state index in [9.17, 15) is 14.7 Å². The van der Waals surface area contributed by atoms with Crippen LogP contribution in [-0.4, -0.2) is 47.3 Å². The van der Waals surface area contributed by atoms with Gasteiger partial charge in [-0.2, -0.15) is 5.10 Å². The molecular formula is C33H32ClN7O3. The molecule has 5 aromatic rings. The standard InChI is InChI=1S/C33H32ClN7O3/c1-40-19-35-18-30(40)20-5-8-25(9-6-20)38-32(43)28(39-33(44)29-12-14-37-41(29)2)17-24-15-22(7-10-26(24)34)23-11-13-36-27(16-23)31(42)21-3-4-21/h5-16,18-19,21,28,31,42H,3-4,17H2,1-2H3,(H,38,43)(H,39,44)/t28-,31?/m0/s1. The molecule has 10 nitrogen and oxygen atoms in total. The van der Waals surface area contributed by atoms with Crippen molar-refractivity contribution in [3.8, 4) is 22.4 Å². The Hall–Kier alpha value is -4.80. The first-order chi connectivity index (χ1) is 21.3. The van der Waals surface area contributed by atoms with Crippen LogP contribution in [0.5, 0.6) is 0 Å². The molecule has 2 amide bonds. The predicted octanol–water partition coefficient (Wildman–Crippen LogP) is 4.96. The Kier molecular flexibility index (Phi) is 8.28. The van der Waals surface area contributed by atoms with Crippen LogP contribution in [0.4, 0.5) is 5.69 Å². The molecule has 3 aromatic heterocycles. The Morgan fingerprint density at radius 1 is 1.00 bits per heavy atom. The van der Waals surface area contributed by atoms with Crippen molar-refractivity contribution in [3.63, 3.8) is 0 Å². The van der Waals surface area contributed by atoms with E-state index in [1.165, 1.54) is 10.9 Å². The lowest BCUT2D eigenvalue weighted by molar-refractivity contribution is -0.118. The van der Waals surface area contributed by atoms with E-state index in [0.29, 0.717) is 27.7 Å². The molecule has 2 aromatic carbocycles. The zero-order valence-corrected chi connectivity index (χ0v) is 25.1. The minimum Gasteiger partial charge on any atom is -0.387 e. The van der Waals surface area contributed by atoms with Crippen LogP contribution in [-0.2, 0) is 25.3 Å². The Bertz CT molecular complexity index is 1810. The summed E-state index contributed by atoms with van der Waals surface area (Å²) in [5.74, 6) is -0.571. The number of nitrogens with one attached hydrogen (secondary N) is 2. The molecule has 0 spiro atoms. The van der Waals surface area contributed by atoms with Gasteiger partial charge in [0.2, 0.25) is 5.91 Å². The fraction of sp³-hybridized carbons (Fsp3) is 0.242. The average Bonchev–Trinajstić information content (AvgIpc) is 3.65. The summed E-state index contributed by atoms with van der Waals surface area (Å²) in [6.45, 7) is 0. The molecule has 224 valence electrons. The fourth-order valence-corrected chi connectivity index (χ4v) is 5.40. The zero-order valence-electron chi connectivity index (χ0n) is 24.3. The number of aryl methyl sites for hydroxylation is 2. The van der Waals surface area contributed by atoms with Gasteiger partial charge in [-0.15, -0.1) is 0 Å². The van der Waals surface area contributed by atoms with Gasteiger partial charge in [-0.05, 0) is 83.5 Å². The molecule has 0 aliphatic heterocycles. The number of carbonyl (C=O) groups is 2. The van der Waals surface area contributed by atoms with E-state index < -0.39 is 24.0 Å². The van der Waals surface area contributed by atoms with Gasteiger partial charge in [-0.3, -0.25) is 19.3 Å². The first-order valence-electron chi connectivity index (χ1n) is 14.4. The maximum atomic E-state index is 13.7. The fourth-order valence-electron chi connectivity index (χ4n) is 5.20. The number of amides is 2. The number of aliphatic hydroxyl groups excluding tert-OH is 1. The second kappa shape index (κ2) is 12.4. The maximum Gasteiger partial charge on any atom is 0.270 e. The molecule has 0 radical (unpaired) electrons. The topological polar surface area (TPSA) is 127 Å². The molecule has 11 heteroatoms. The number of halogens is 1. The number of pyridine rings is 1. The van der Waals surface area contributed by atoms with Gasteiger partial charge in [-0.1, -0.05) is 29.8 Å². The Labute approximate surface area is 259 Å². The van der Waals surface area contributed by atoms with E-state index in [2.05, 4.69) is 25.7 Å². The molecule has 3 N–H and O–H groups in total.